The highest BCUT2D eigenvalue weighted by molar-refractivity contribution is 14.1. The van der Waals surface area contributed by atoms with Gasteiger partial charge < -0.3 is 14.6 Å². The predicted molar refractivity (Wildman–Crippen MR) is 109 cm³/mol. The fraction of sp³-hybridized carbons (Fsp3) is 0.200. The van der Waals surface area contributed by atoms with Gasteiger partial charge in [0.2, 0.25) is 0 Å². The molecule has 0 atom stereocenters. The van der Waals surface area contributed by atoms with E-state index in [0.29, 0.717) is 17.9 Å². The van der Waals surface area contributed by atoms with Crippen molar-refractivity contribution in [2.45, 2.75) is 27.4 Å². The maximum Gasteiger partial charge on any atom is 0.259 e. The van der Waals surface area contributed by atoms with Crippen molar-refractivity contribution in [2.24, 2.45) is 0 Å². The molecule has 0 radical (unpaired) electrons. The molecule has 3 rings (SSSR count). The van der Waals surface area contributed by atoms with Crippen molar-refractivity contribution in [3.8, 4) is 5.75 Å². The van der Waals surface area contributed by atoms with Gasteiger partial charge in [0.15, 0.2) is 0 Å². The summed E-state index contributed by atoms with van der Waals surface area (Å²) >= 11 is 2.25. The number of benzene rings is 2. The third-order valence-electron chi connectivity index (χ3n) is 4.11. The second-order valence-electron chi connectivity index (χ2n) is 6.01. The minimum absolute atomic E-state index is 0.209. The van der Waals surface area contributed by atoms with Gasteiger partial charge in [-0.1, -0.05) is 23.4 Å². The fourth-order valence-corrected chi connectivity index (χ4v) is 3.02. The molecule has 0 spiro atoms. The number of aromatic nitrogens is 1. The molecule has 2 aromatic carbocycles. The number of rotatable bonds is 5. The summed E-state index contributed by atoms with van der Waals surface area (Å²) in [5, 5.41) is 6.85. The van der Waals surface area contributed by atoms with Crippen LogP contribution in [0.5, 0.6) is 5.75 Å². The van der Waals surface area contributed by atoms with E-state index in [0.717, 1.165) is 26.3 Å². The van der Waals surface area contributed by atoms with Crippen LogP contribution in [-0.2, 0) is 6.61 Å². The Morgan fingerprint density at radius 2 is 1.96 bits per heavy atom. The van der Waals surface area contributed by atoms with E-state index in [-0.39, 0.29) is 5.91 Å². The summed E-state index contributed by atoms with van der Waals surface area (Å²) in [6.45, 7) is 6.04. The zero-order valence-corrected chi connectivity index (χ0v) is 17.0. The van der Waals surface area contributed by atoms with E-state index in [4.69, 9.17) is 9.26 Å². The van der Waals surface area contributed by atoms with Gasteiger partial charge in [0.1, 0.15) is 18.1 Å². The lowest BCUT2D eigenvalue weighted by Gasteiger charge is -2.12. The van der Waals surface area contributed by atoms with Crippen molar-refractivity contribution in [3.63, 3.8) is 0 Å². The van der Waals surface area contributed by atoms with Gasteiger partial charge in [-0.2, -0.15) is 0 Å². The highest BCUT2D eigenvalue weighted by atomic mass is 127. The van der Waals surface area contributed by atoms with E-state index in [1.807, 2.05) is 51.1 Å². The smallest absolute Gasteiger partial charge is 0.259 e. The van der Waals surface area contributed by atoms with Crippen LogP contribution in [0.1, 0.15) is 32.9 Å². The molecule has 1 heterocycles. The molecule has 26 heavy (non-hydrogen) atoms. The van der Waals surface area contributed by atoms with Crippen LogP contribution in [-0.4, -0.2) is 11.1 Å². The molecule has 0 fully saturated rings. The third-order valence-corrected chi connectivity index (χ3v) is 5.28. The maximum absolute atomic E-state index is 12.7. The van der Waals surface area contributed by atoms with Crippen LogP contribution in [0.3, 0.4) is 0 Å². The Balaban J connectivity index is 1.77. The summed E-state index contributed by atoms with van der Waals surface area (Å²) in [6.07, 6.45) is 0. The minimum Gasteiger partial charge on any atom is -0.488 e. The SMILES string of the molecule is Cc1ccc(NC(=O)c2ccccc2OCc2c(C)noc2C)cc1I. The number of aryl methyl sites for hydroxylation is 3. The molecule has 0 saturated carbocycles. The number of halogens is 1. The molecule has 1 amide bonds. The van der Waals surface area contributed by atoms with Crippen LogP contribution >= 0.6 is 22.6 Å². The van der Waals surface area contributed by atoms with Gasteiger partial charge in [-0.25, -0.2) is 0 Å². The van der Waals surface area contributed by atoms with E-state index in [1.54, 1.807) is 12.1 Å². The third kappa shape index (κ3) is 4.07. The average molecular weight is 462 g/mol. The van der Waals surface area contributed by atoms with E-state index in [1.165, 1.54) is 5.56 Å². The lowest BCUT2D eigenvalue weighted by Crippen LogP contribution is -2.14. The summed E-state index contributed by atoms with van der Waals surface area (Å²) in [7, 11) is 0. The Hall–Kier alpha value is -2.35. The highest BCUT2D eigenvalue weighted by Gasteiger charge is 2.15. The summed E-state index contributed by atoms with van der Waals surface area (Å²) in [5.74, 6) is 1.03. The Kier molecular flexibility index (Phi) is 5.61. The van der Waals surface area contributed by atoms with Crippen LogP contribution in [0, 0.1) is 24.3 Å². The second kappa shape index (κ2) is 7.90. The van der Waals surface area contributed by atoms with Gasteiger partial charge in [-0.3, -0.25) is 4.79 Å². The van der Waals surface area contributed by atoms with E-state index < -0.39 is 0 Å². The lowest BCUT2D eigenvalue weighted by atomic mass is 10.1. The number of ether oxygens (including phenoxy) is 1. The summed E-state index contributed by atoms with van der Waals surface area (Å²) in [6, 6.07) is 13.0. The molecule has 3 aromatic rings. The largest absolute Gasteiger partial charge is 0.488 e. The molecular formula is C20H19IN2O3. The fourth-order valence-electron chi connectivity index (χ4n) is 2.51. The number of amides is 1. The van der Waals surface area contributed by atoms with Crippen molar-refractivity contribution < 1.29 is 14.1 Å². The monoisotopic (exact) mass is 462 g/mol. The van der Waals surface area contributed by atoms with Crippen LogP contribution in [0.4, 0.5) is 5.69 Å². The molecule has 6 heteroatoms. The normalized spacial score (nSPS) is 10.6. The first-order chi connectivity index (χ1) is 12.5. The first-order valence-electron chi connectivity index (χ1n) is 8.17. The zero-order chi connectivity index (χ0) is 18.7. The summed E-state index contributed by atoms with van der Waals surface area (Å²) in [4.78, 5) is 12.7. The lowest BCUT2D eigenvalue weighted by molar-refractivity contribution is 0.102. The molecular weight excluding hydrogens is 443 g/mol. The van der Waals surface area contributed by atoms with Crippen LogP contribution in [0.25, 0.3) is 0 Å². The Morgan fingerprint density at radius 3 is 2.65 bits per heavy atom. The molecule has 0 aliphatic heterocycles. The molecule has 0 aliphatic carbocycles. The average Bonchev–Trinajstić information content (AvgIpc) is 2.94. The van der Waals surface area contributed by atoms with Crippen molar-refractivity contribution in [1.82, 2.24) is 5.16 Å². The minimum atomic E-state index is -0.209. The van der Waals surface area contributed by atoms with E-state index >= 15 is 0 Å². The number of hydrogen-bond acceptors (Lipinski definition) is 4. The topological polar surface area (TPSA) is 64.4 Å². The summed E-state index contributed by atoms with van der Waals surface area (Å²) in [5.41, 5.74) is 4.10. The van der Waals surface area contributed by atoms with Gasteiger partial charge in [0, 0.05) is 9.26 Å². The standard InChI is InChI=1S/C20H19IN2O3/c1-12-8-9-15(10-18(12)21)22-20(24)16-6-4-5-7-19(16)25-11-17-13(2)23-26-14(17)3/h4-10H,11H2,1-3H3,(H,22,24). The zero-order valence-electron chi connectivity index (χ0n) is 14.8. The Labute approximate surface area is 165 Å². The van der Waals surface area contributed by atoms with Crippen LogP contribution in [0.2, 0.25) is 0 Å². The first kappa shape index (κ1) is 18.4. The number of nitrogens with zero attached hydrogens (tertiary/aromatic N) is 1. The van der Waals surface area contributed by atoms with Crippen molar-refractivity contribution in [2.75, 3.05) is 5.32 Å². The maximum atomic E-state index is 12.7. The first-order valence-corrected chi connectivity index (χ1v) is 9.24. The van der Waals surface area contributed by atoms with Gasteiger partial charge in [0.05, 0.1) is 16.8 Å². The van der Waals surface area contributed by atoms with Crippen LogP contribution < -0.4 is 10.1 Å². The van der Waals surface area contributed by atoms with Gasteiger partial charge in [-0.15, -0.1) is 0 Å². The van der Waals surface area contributed by atoms with Crippen molar-refractivity contribution in [1.29, 1.82) is 0 Å². The molecule has 0 unspecified atom stereocenters. The quantitative estimate of drug-likeness (QED) is 0.540. The van der Waals surface area contributed by atoms with Gasteiger partial charge in [-0.05, 0) is 73.2 Å². The number of carbonyl (C=O) groups excluding carboxylic acids is 1. The van der Waals surface area contributed by atoms with Gasteiger partial charge >= 0.3 is 0 Å². The van der Waals surface area contributed by atoms with E-state index in [9.17, 15) is 4.79 Å². The van der Waals surface area contributed by atoms with Crippen LogP contribution in [0.15, 0.2) is 47.0 Å². The number of nitrogens with one attached hydrogen (secondary N) is 1. The predicted octanol–water partition coefficient (Wildman–Crippen LogP) is 5.04. The molecule has 0 bridgehead atoms. The molecule has 5 nitrogen and oxygen atoms in total. The number of para-hydroxylation sites is 1. The molecule has 0 aliphatic rings. The van der Waals surface area contributed by atoms with Gasteiger partial charge in [0.25, 0.3) is 5.91 Å². The molecule has 1 aromatic heterocycles. The van der Waals surface area contributed by atoms with Crippen molar-refractivity contribution >= 4 is 34.2 Å². The van der Waals surface area contributed by atoms with E-state index in [2.05, 4.69) is 33.1 Å². The Bertz CT molecular complexity index is 930. The highest BCUT2D eigenvalue weighted by Crippen LogP contribution is 2.23. The second-order valence-corrected chi connectivity index (χ2v) is 7.17. The number of anilines is 1. The Morgan fingerprint density at radius 1 is 1.19 bits per heavy atom. The molecule has 0 saturated heterocycles. The number of hydrogen-bond donors (Lipinski definition) is 1. The molecule has 1 N–H and O–H groups in total. The van der Waals surface area contributed by atoms with Crippen molar-refractivity contribution in [3.05, 3.63) is 74.2 Å². The molecule has 134 valence electrons. The summed E-state index contributed by atoms with van der Waals surface area (Å²) < 4.78 is 12.1. The number of carbonyl (C=O) groups is 1.